The summed E-state index contributed by atoms with van der Waals surface area (Å²) in [7, 11) is 3.03. The number of nitro groups is 1. The van der Waals surface area contributed by atoms with Gasteiger partial charge in [0.15, 0.2) is 6.61 Å². The summed E-state index contributed by atoms with van der Waals surface area (Å²) in [5.41, 5.74) is 0.467. The van der Waals surface area contributed by atoms with Crippen LogP contribution in [0.3, 0.4) is 0 Å². The second-order valence-electron chi connectivity index (χ2n) is 5.10. The number of nitrogens with one attached hydrogen (secondary N) is 2. The molecule has 2 aromatic carbocycles. The van der Waals surface area contributed by atoms with Gasteiger partial charge in [0.05, 0.1) is 17.6 Å². The minimum Gasteiger partial charge on any atom is -0.497 e. The summed E-state index contributed by atoms with van der Waals surface area (Å²) in [5.74, 6) is -0.818. The number of esters is 1. The summed E-state index contributed by atoms with van der Waals surface area (Å²) in [6, 6.07) is 10.5. The van der Waals surface area contributed by atoms with E-state index < -0.39 is 23.4 Å². The van der Waals surface area contributed by atoms with Crippen LogP contribution in [0.5, 0.6) is 5.75 Å². The number of carbonyl (C=O) groups is 2. The molecule has 0 spiro atoms. The van der Waals surface area contributed by atoms with Crippen LogP contribution in [-0.2, 0) is 9.53 Å². The van der Waals surface area contributed by atoms with Crippen LogP contribution in [-0.4, -0.2) is 37.6 Å². The molecule has 2 rings (SSSR count). The molecule has 0 fully saturated rings. The minimum absolute atomic E-state index is 0.0233. The molecule has 1 amide bonds. The van der Waals surface area contributed by atoms with Crippen LogP contribution in [0, 0.1) is 10.1 Å². The lowest BCUT2D eigenvalue weighted by molar-refractivity contribution is -0.384. The van der Waals surface area contributed by atoms with Crippen LogP contribution in [0.4, 0.5) is 17.1 Å². The van der Waals surface area contributed by atoms with E-state index in [0.29, 0.717) is 11.4 Å². The first-order chi connectivity index (χ1) is 12.4. The Morgan fingerprint density at radius 1 is 1.19 bits per heavy atom. The molecule has 26 heavy (non-hydrogen) atoms. The van der Waals surface area contributed by atoms with Gasteiger partial charge in [-0.1, -0.05) is 6.07 Å². The summed E-state index contributed by atoms with van der Waals surface area (Å²) in [5, 5.41) is 16.2. The first-order valence-electron chi connectivity index (χ1n) is 7.52. The minimum atomic E-state index is -0.837. The molecule has 0 aliphatic carbocycles. The van der Waals surface area contributed by atoms with E-state index in [-0.39, 0.29) is 16.9 Å². The zero-order valence-electron chi connectivity index (χ0n) is 14.1. The van der Waals surface area contributed by atoms with Crippen LogP contribution in [0.1, 0.15) is 10.4 Å². The number of carbonyl (C=O) groups excluding carboxylic acids is 2. The van der Waals surface area contributed by atoms with Crippen molar-refractivity contribution in [3.63, 3.8) is 0 Å². The number of nitro benzene ring substituents is 1. The average molecular weight is 359 g/mol. The fourth-order valence-corrected chi connectivity index (χ4v) is 2.13. The van der Waals surface area contributed by atoms with Crippen molar-refractivity contribution in [1.82, 2.24) is 0 Å². The molecule has 0 aliphatic rings. The number of nitrogens with zero attached hydrogens (tertiary/aromatic N) is 1. The fourth-order valence-electron chi connectivity index (χ4n) is 2.13. The van der Waals surface area contributed by atoms with Gasteiger partial charge in [-0.2, -0.15) is 0 Å². The highest BCUT2D eigenvalue weighted by Gasteiger charge is 2.18. The molecule has 0 unspecified atom stereocenters. The van der Waals surface area contributed by atoms with Gasteiger partial charge in [0.1, 0.15) is 11.4 Å². The van der Waals surface area contributed by atoms with Crippen molar-refractivity contribution >= 4 is 28.9 Å². The molecule has 0 saturated carbocycles. The fraction of sp³-hybridized carbons (Fsp3) is 0.176. The summed E-state index contributed by atoms with van der Waals surface area (Å²) < 4.78 is 9.95. The summed E-state index contributed by atoms with van der Waals surface area (Å²) in [4.78, 5) is 34.3. The van der Waals surface area contributed by atoms with E-state index in [1.165, 1.54) is 26.3 Å². The van der Waals surface area contributed by atoms with Gasteiger partial charge >= 0.3 is 5.97 Å². The molecule has 2 N–H and O–H groups in total. The van der Waals surface area contributed by atoms with Gasteiger partial charge in [0.25, 0.3) is 11.6 Å². The summed E-state index contributed by atoms with van der Waals surface area (Å²) in [6.45, 7) is -0.530. The van der Waals surface area contributed by atoms with Gasteiger partial charge in [-0.15, -0.1) is 0 Å². The molecule has 0 bridgehead atoms. The van der Waals surface area contributed by atoms with Crippen LogP contribution >= 0.6 is 0 Å². The third-order valence-electron chi connectivity index (χ3n) is 3.39. The maximum Gasteiger partial charge on any atom is 0.338 e. The van der Waals surface area contributed by atoms with Crippen molar-refractivity contribution in [2.75, 3.05) is 31.4 Å². The molecule has 0 atom stereocenters. The van der Waals surface area contributed by atoms with Crippen LogP contribution in [0.2, 0.25) is 0 Å². The second-order valence-corrected chi connectivity index (χ2v) is 5.10. The Bertz CT molecular complexity index is 837. The number of rotatable bonds is 7. The van der Waals surface area contributed by atoms with E-state index >= 15 is 0 Å². The first-order valence-corrected chi connectivity index (χ1v) is 7.52. The molecule has 9 nitrogen and oxygen atoms in total. The van der Waals surface area contributed by atoms with E-state index in [0.717, 1.165) is 6.07 Å². The molecular weight excluding hydrogens is 342 g/mol. The summed E-state index contributed by atoms with van der Waals surface area (Å²) >= 11 is 0. The van der Waals surface area contributed by atoms with E-state index in [2.05, 4.69) is 10.6 Å². The average Bonchev–Trinajstić information content (AvgIpc) is 2.65. The predicted octanol–water partition coefficient (Wildman–Crippen LogP) is 2.44. The second kappa shape index (κ2) is 8.47. The number of hydrogen-bond acceptors (Lipinski definition) is 7. The molecule has 9 heteroatoms. The first kappa shape index (κ1) is 18.7. The number of anilines is 2. The zero-order chi connectivity index (χ0) is 19.1. The molecule has 0 aromatic heterocycles. The predicted molar refractivity (Wildman–Crippen MR) is 94.5 cm³/mol. The van der Waals surface area contributed by atoms with Crippen molar-refractivity contribution in [1.29, 1.82) is 0 Å². The third kappa shape index (κ3) is 4.69. The topological polar surface area (TPSA) is 120 Å². The molecule has 136 valence electrons. The lowest BCUT2D eigenvalue weighted by Crippen LogP contribution is -2.21. The number of amides is 1. The Morgan fingerprint density at radius 3 is 2.62 bits per heavy atom. The highest BCUT2D eigenvalue weighted by atomic mass is 16.6. The monoisotopic (exact) mass is 359 g/mol. The Labute approximate surface area is 149 Å². The smallest absolute Gasteiger partial charge is 0.338 e. The number of ether oxygens (including phenoxy) is 2. The van der Waals surface area contributed by atoms with Gasteiger partial charge < -0.3 is 20.1 Å². The van der Waals surface area contributed by atoms with Gasteiger partial charge in [0.2, 0.25) is 0 Å². The van der Waals surface area contributed by atoms with Crippen molar-refractivity contribution < 1.29 is 24.0 Å². The van der Waals surface area contributed by atoms with Crippen molar-refractivity contribution in [3.8, 4) is 5.75 Å². The van der Waals surface area contributed by atoms with Gasteiger partial charge in [-0.3, -0.25) is 14.9 Å². The van der Waals surface area contributed by atoms with Crippen molar-refractivity contribution in [3.05, 3.63) is 58.1 Å². The molecule has 2 aromatic rings. The number of benzene rings is 2. The Balaban J connectivity index is 1.98. The molecule has 0 saturated heterocycles. The van der Waals surface area contributed by atoms with Crippen LogP contribution in [0.15, 0.2) is 42.5 Å². The van der Waals surface area contributed by atoms with Crippen LogP contribution < -0.4 is 15.4 Å². The number of hydrogen-bond donors (Lipinski definition) is 2. The lowest BCUT2D eigenvalue weighted by Gasteiger charge is -2.08. The van der Waals surface area contributed by atoms with Crippen molar-refractivity contribution in [2.45, 2.75) is 0 Å². The molecule has 0 radical (unpaired) electrons. The highest BCUT2D eigenvalue weighted by Crippen LogP contribution is 2.25. The van der Waals surface area contributed by atoms with Crippen molar-refractivity contribution in [2.24, 2.45) is 0 Å². The van der Waals surface area contributed by atoms with E-state index in [1.807, 2.05) is 0 Å². The van der Waals surface area contributed by atoms with Gasteiger partial charge in [-0.25, -0.2) is 4.79 Å². The van der Waals surface area contributed by atoms with E-state index in [1.54, 1.807) is 24.3 Å². The lowest BCUT2D eigenvalue weighted by atomic mass is 10.1. The SMILES string of the molecule is CNc1ccc(C(=O)OCC(=O)Nc2cccc(OC)c2)cc1[N+](=O)[O-]. The van der Waals surface area contributed by atoms with Crippen LogP contribution in [0.25, 0.3) is 0 Å². The quantitative estimate of drug-likeness (QED) is 0.442. The molecule has 0 heterocycles. The Morgan fingerprint density at radius 2 is 1.96 bits per heavy atom. The van der Waals surface area contributed by atoms with Gasteiger partial charge in [-0.05, 0) is 24.3 Å². The standard InChI is InChI=1S/C17H17N3O6/c1-18-14-7-6-11(8-15(14)20(23)24)17(22)26-10-16(21)19-12-4-3-5-13(9-12)25-2/h3-9,18H,10H2,1-2H3,(H,19,21). The number of methoxy groups -OCH3 is 1. The van der Waals surface area contributed by atoms with E-state index in [9.17, 15) is 19.7 Å². The van der Waals surface area contributed by atoms with E-state index in [4.69, 9.17) is 9.47 Å². The molecule has 0 aliphatic heterocycles. The molecular formula is C17H17N3O6. The zero-order valence-corrected chi connectivity index (χ0v) is 14.1. The maximum atomic E-state index is 12.0. The Hall–Kier alpha value is -3.62. The maximum absolute atomic E-state index is 12.0. The Kier molecular flexibility index (Phi) is 6.10. The normalized spacial score (nSPS) is 9.92. The summed E-state index contributed by atoms with van der Waals surface area (Å²) in [6.07, 6.45) is 0. The van der Waals surface area contributed by atoms with Gasteiger partial charge in [0, 0.05) is 24.9 Å². The third-order valence-corrected chi connectivity index (χ3v) is 3.39. The highest BCUT2D eigenvalue weighted by molar-refractivity contribution is 5.96. The largest absolute Gasteiger partial charge is 0.497 e.